The van der Waals surface area contributed by atoms with E-state index < -0.39 is 23.7 Å². The number of carbonyl (C=O) groups is 1. The van der Waals surface area contributed by atoms with Crippen LogP contribution in [0.1, 0.15) is 37.4 Å². The smallest absolute Gasteiger partial charge is 0.269 e. The van der Waals surface area contributed by atoms with Crippen LogP contribution in [0.5, 0.6) is 0 Å². The lowest BCUT2D eigenvalue weighted by Gasteiger charge is -2.22. The van der Waals surface area contributed by atoms with Gasteiger partial charge in [0, 0.05) is 37.1 Å². The van der Waals surface area contributed by atoms with Crippen LogP contribution in [0.2, 0.25) is 0 Å². The SMILES string of the molecule is O=C(CCCCC[n+]1ccccc1)N[C@@H](CO)[C@H](O)c1ccc([N+](=O)[O-])cc1.[Br-]. The van der Waals surface area contributed by atoms with E-state index in [2.05, 4.69) is 9.88 Å². The normalized spacial score (nSPS) is 12.5. The molecule has 1 aromatic heterocycles. The number of aromatic nitrogens is 1. The predicted molar refractivity (Wildman–Crippen MR) is 102 cm³/mol. The van der Waals surface area contributed by atoms with Gasteiger partial charge in [0.2, 0.25) is 5.91 Å². The highest BCUT2D eigenvalue weighted by Gasteiger charge is 2.22. The molecule has 0 bridgehead atoms. The number of hydrogen-bond acceptors (Lipinski definition) is 5. The topological polar surface area (TPSA) is 117 Å². The number of halogens is 1. The van der Waals surface area contributed by atoms with Crippen molar-refractivity contribution < 1.29 is 41.5 Å². The number of aryl methyl sites for hydroxylation is 1. The average molecular weight is 468 g/mol. The number of non-ortho nitro benzene ring substituents is 1. The van der Waals surface area contributed by atoms with Crippen molar-refractivity contribution in [3.8, 4) is 0 Å². The zero-order chi connectivity index (χ0) is 20.4. The lowest BCUT2D eigenvalue weighted by Crippen LogP contribution is -3.00. The zero-order valence-electron chi connectivity index (χ0n) is 16.0. The van der Waals surface area contributed by atoms with Gasteiger partial charge in [-0.25, -0.2) is 4.57 Å². The van der Waals surface area contributed by atoms with Crippen LogP contribution in [-0.4, -0.2) is 33.7 Å². The Morgan fingerprint density at radius 3 is 2.34 bits per heavy atom. The fourth-order valence-electron chi connectivity index (χ4n) is 2.87. The first-order chi connectivity index (χ1) is 13.5. The van der Waals surface area contributed by atoms with E-state index in [9.17, 15) is 25.1 Å². The molecule has 0 saturated heterocycles. The third-order valence-electron chi connectivity index (χ3n) is 4.47. The monoisotopic (exact) mass is 467 g/mol. The number of aliphatic hydroxyl groups excluding tert-OH is 2. The van der Waals surface area contributed by atoms with Gasteiger partial charge in [0.1, 0.15) is 12.6 Å². The number of aliphatic hydroxyl groups is 2. The molecule has 3 N–H and O–H groups in total. The molecule has 2 atom stereocenters. The fourth-order valence-corrected chi connectivity index (χ4v) is 2.87. The summed E-state index contributed by atoms with van der Waals surface area (Å²) in [4.78, 5) is 22.3. The number of amides is 1. The van der Waals surface area contributed by atoms with Crippen LogP contribution in [0.15, 0.2) is 54.9 Å². The van der Waals surface area contributed by atoms with Crippen molar-refractivity contribution >= 4 is 11.6 Å². The maximum atomic E-state index is 12.1. The summed E-state index contributed by atoms with van der Waals surface area (Å²) in [5.74, 6) is -0.243. The standard InChI is InChI=1S/C20H25N3O5.BrH/c24-15-18(20(26)16-8-10-17(11-9-16)23(27)28)21-19(25)7-3-1-4-12-22-13-5-2-6-14-22;/h2,5-6,8-11,13-14,18,20,24,26H,1,3-4,7,12,15H2;1H/t18-,20+;/m0./s1. The summed E-state index contributed by atoms with van der Waals surface area (Å²) in [6.07, 6.45) is 5.72. The van der Waals surface area contributed by atoms with E-state index >= 15 is 0 Å². The van der Waals surface area contributed by atoms with Gasteiger partial charge in [0.05, 0.1) is 17.6 Å². The van der Waals surface area contributed by atoms with Crippen LogP contribution in [0.25, 0.3) is 0 Å². The molecule has 1 aromatic carbocycles. The largest absolute Gasteiger partial charge is 1.00 e. The second-order valence-corrected chi connectivity index (χ2v) is 6.57. The van der Waals surface area contributed by atoms with E-state index in [-0.39, 0.29) is 28.6 Å². The maximum absolute atomic E-state index is 12.1. The molecule has 0 saturated carbocycles. The molecule has 0 radical (unpaired) electrons. The van der Waals surface area contributed by atoms with Gasteiger partial charge in [0.25, 0.3) is 5.69 Å². The van der Waals surface area contributed by atoms with Crippen molar-refractivity contribution in [1.29, 1.82) is 0 Å². The van der Waals surface area contributed by atoms with Crippen molar-refractivity contribution in [3.63, 3.8) is 0 Å². The maximum Gasteiger partial charge on any atom is 0.269 e. The molecule has 0 spiro atoms. The number of carbonyl (C=O) groups excluding carboxylic acids is 1. The van der Waals surface area contributed by atoms with Crippen LogP contribution in [0.4, 0.5) is 5.69 Å². The number of nitro benzene ring substituents is 1. The Bertz CT molecular complexity index is 758. The van der Waals surface area contributed by atoms with Gasteiger partial charge in [0.15, 0.2) is 12.4 Å². The first-order valence-electron chi connectivity index (χ1n) is 9.28. The zero-order valence-corrected chi connectivity index (χ0v) is 17.6. The molecule has 1 amide bonds. The van der Waals surface area contributed by atoms with Gasteiger partial charge in [-0.3, -0.25) is 14.9 Å². The molecular formula is C20H26BrN3O5. The molecule has 0 fully saturated rings. The number of unbranched alkanes of at least 4 members (excludes halogenated alkanes) is 2. The van der Waals surface area contributed by atoms with E-state index in [1.807, 2.05) is 30.6 Å². The second-order valence-electron chi connectivity index (χ2n) is 6.57. The van der Waals surface area contributed by atoms with Crippen LogP contribution in [0.3, 0.4) is 0 Å². The minimum atomic E-state index is -1.15. The highest BCUT2D eigenvalue weighted by molar-refractivity contribution is 5.76. The van der Waals surface area contributed by atoms with Gasteiger partial charge < -0.3 is 32.5 Å². The Hall–Kier alpha value is -2.36. The van der Waals surface area contributed by atoms with E-state index in [1.165, 1.54) is 24.3 Å². The van der Waals surface area contributed by atoms with Gasteiger partial charge in [-0.1, -0.05) is 6.07 Å². The molecule has 1 heterocycles. The summed E-state index contributed by atoms with van der Waals surface area (Å²) in [6.45, 7) is 0.453. The lowest BCUT2D eigenvalue weighted by molar-refractivity contribution is -0.697. The molecular weight excluding hydrogens is 442 g/mol. The molecule has 158 valence electrons. The van der Waals surface area contributed by atoms with Crippen molar-refractivity contribution in [2.45, 2.75) is 44.4 Å². The van der Waals surface area contributed by atoms with Crippen LogP contribution in [0, 0.1) is 10.1 Å². The summed E-state index contributed by atoms with van der Waals surface area (Å²) in [7, 11) is 0. The Kier molecular flexibility index (Phi) is 11.0. The number of nitrogens with zero attached hydrogens (tertiary/aromatic N) is 2. The summed E-state index contributed by atoms with van der Waals surface area (Å²) >= 11 is 0. The molecule has 0 aliphatic heterocycles. The summed E-state index contributed by atoms with van der Waals surface area (Å²) in [5.41, 5.74) is 0.305. The average Bonchev–Trinajstić information content (AvgIpc) is 2.72. The predicted octanol–water partition coefficient (Wildman–Crippen LogP) is -1.34. The summed E-state index contributed by atoms with van der Waals surface area (Å²) in [6, 6.07) is 10.4. The Balaban J connectivity index is 0.00000420. The van der Waals surface area contributed by atoms with Crippen LogP contribution in [-0.2, 0) is 11.3 Å². The molecule has 2 aromatic rings. The highest BCUT2D eigenvalue weighted by atomic mass is 79.9. The van der Waals surface area contributed by atoms with Gasteiger partial charge in [-0.15, -0.1) is 0 Å². The van der Waals surface area contributed by atoms with Crippen LogP contribution >= 0.6 is 0 Å². The molecule has 29 heavy (non-hydrogen) atoms. The minimum absolute atomic E-state index is 0. The third kappa shape index (κ3) is 8.26. The number of nitro groups is 1. The van der Waals surface area contributed by atoms with Gasteiger partial charge >= 0.3 is 0 Å². The fraction of sp³-hybridized carbons (Fsp3) is 0.400. The third-order valence-corrected chi connectivity index (χ3v) is 4.47. The highest BCUT2D eigenvalue weighted by Crippen LogP contribution is 2.20. The van der Waals surface area contributed by atoms with Crippen molar-refractivity contribution in [2.75, 3.05) is 6.61 Å². The Morgan fingerprint density at radius 1 is 1.10 bits per heavy atom. The number of pyridine rings is 1. The molecule has 2 rings (SSSR count). The molecule has 0 unspecified atom stereocenters. The van der Waals surface area contributed by atoms with Gasteiger partial charge in [-0.2, -0.15) is 0 Å². The number of benzene rings is 1. The quantitative estimate of drug-likeness (QED) is 0.163. The van der Waals surface area contributed by atoms with E-state index in [0.29, 0.717) is 18.4 Å². The first-order valence-corrected chi connectivity index (χ1v) is 9.28. The minimum Gasteiger partial charge on any atom is -1.00 e. The number of nitrogens with one attached hydrogen (secondary N) is 1. The van der Waals surface area contributed by atoms with E-state index in [0.717, 1.165) is 19.4 Å². The van der Waals surface area contributed by atoms with Crippen LogP contribution < -0.4 is 26.9 Å². The summed E-state index contributed by atoms with van der Waals surface area (Å²) in [5, 5.41) is 33.2. The Morgan fingerprint density at radius 2 is 1.76 bits per heavy atom. The second kappa shape index (κ2) is 13.0. The molecule has 0 aliphatic carbocycles. The molecule has 8 nitrogen and oxygen atoms in total. The van der Waals surface area contributed by atoms with Crippen molar-refractivity contribution in [1.82, 2.24) is 5.32 Å². The summed E-state index contributed by atoms with van der Waals surface area (Å²) < 4.78 is 2.09. The first kappa shape index (κ1) is 24.7. The van der Waals surface area contributed by atoms with Crippen molar-refractivity contribution in [3.05, 3.63) is 70.5 Å². The number of rotatable bonds is 11. The number of hydrogen-bond donors (Lipinski definition) is 3. The van der Waals surface area contributed by atoms with E-state index in [1.54, 1.807) is 0 Å². The molecule has 0 aliphatic rings. The van der Waals surface area contributed by atoms with Crippen molar-refractivity contribution in [2.24, 2.45) is 0 Å². The van der Waals surface area contributed by atoms with Gasteiger partial charge in [-0.05, 0) is 30.5 Å². The van der Waals surface area contributed by atoms with E-state index in [4.69, 9.17) is 0 Å². The molecule has 9 heteroatoms. The lowest BCUT2D eigenvalue weighted by atomic mass is 10.0. The Labute approximate surface area is 180 Å².